The lowest BCUT2D eigenvalue weighted by atomic mass is 10.1. The highest BCUT2D eigenvalue weighted by atomic mass is 16.5. The highest BCUT2D eigenvalue weighted by Crippen LogP contribution is 2.31. The quantitative estimate of drug-likeness (QED) is 0.648. The summed E-state index contributed by atoms with van der Waals surface area (Å²) in [5.74, 6) is -1.56. The van der Waals surface area contributed by atoms with E-state index in [2.05, 4.69) is 10.1 Å². The number of carbonyl (C=O) groups is 3. The molecular formula is C15H17NO4. The Labute approximate surface area is 117 Å². The minimum Gasteiger partial charge on any atom is -0.467 e. The van der Waals surface area contributed by atoms with Gasteiger partial charge in [0.15, 0.2) is 11.8 Å². The van der Waals surface area contributed by atoms with Crippen molar-refractivity contribution in [2.45, 2.75) is 25.8 Å². The molecule has 0 bridgehead atoms. The molecule has 0 aromatic heterocycles. The Balaban J connectivity index is 2.10. The number of benzene rings is 1. The molecule has 1 aliphatic rings. The van der Waals surface area contributed by atoms with E-state index in [9.17, 15) is 14.4 Å². The molecule has 0 saturated heterocycles. The summed E-state index contributed by atoms with van der Waals surface area (Å²) in [4.78, 5) is 35.7. The first kappa shape index (κ1) is 14.2. The van der Waals surface area contributed by atoms with Crippen LogP contribution in [0.5, 0.6) is 0 Å². The summed E-state index contributed by atoms with van der Waals surface area (Å²) < 4.78 is 4.59. The molecule has 0 aliphatic heterocycles. The second-order valence-electron chi connectivity index (χ2n) is 4.97. The number of rotatable bonds is 5. The third kappa shape index (κ3) is 3.23. The molecule has 1 aliphatic carbocycles. The first-order valence-electron chi connectivity index (χ1n) is 6.52. The Hall–Kier alpha value is -2.17. The number of esters is 1. The van der Waals surface area contributed by atoms with Crippen molar-refractivity contribution in [2.75, 3.05) is 7.11 Å². The highest BCUT2D eigenvalue weighted by molar-refractivity contribution is 6.09. The summed E-state index contributed by atoms with van der Waals surface area (Å²) in [6.07, 6.45) is 1.54. The van der Waals surface area contributed by atoms with Gasteiger partial charge in [-0.2, -0.15) is 0 Å². The van der Waals surface area contributed by atoms with Gasteiger partial charge in [0.05, 0.1) is 7.11 Å². The van der Waals surface area contributed by atoms with Crippen molar-refractivity contribution in [3.05, 3.63) is 35.4 Å². The number of aryl methyl sites for hydroxylation is 1. The summed E-state index contributed by atoms with van der Waals surface area (Å²) in [6.45, 7) is 1.91. The largest absolute Gasteiger partial charge is 0.467 e. The zero-order valence-corrected chi connectivity index (χ0v) is 11.5. The van der Waals surface area contributed by atoms with Gasteiger partial charge < -0.3 is 10.1 Å². The minimum atomic E-state index is -1.21. The van der Waals surface area contributed by atoms with Crippen LogP contribution in [-0.4, -0.2) is 30.8 Å². The van der Waals surface area contributed by atoms with E-state index in [0.717, 1.165) is 18.4 Å². The number of methoxy groups -OCH3 is 1. The van der Waals surface area contributed by atoms with Crippen molar-refractivity contribution in [2.24, 2.45) is 5.92 Å². The van der Waals surface area contributed by atoms with Crippen LogP contribution in [0.3, 0.4) is 0 Å². The maximum absolute atomic E-state index is 12.1. The standard InChI is InChI=1S/C15H17NO4/c1-9-3-5-11(6-4-9)14(18)16-12(15(19)20-2)13(17)10-7-8-10/h3-6,10,12H,7-8H2,1-2H3,(H,16,18)/t12-/m0/s1. The number of carbonyl (C=O) groups excluding carboxylic acids is 3. The molecule has 1 fully saturated rings. The molecule has 1 aromatic rings. The normalized spacial score (nSPS) is 15.3. The van der Waals surface area contributed by atoms with Crippen molar-refractivity contribution >= 4 is 17.7 Å². The second-order valence-corrected chi connectivity index (χ2v) is 4.97. The van der Waals surface area contributed by atoms with Crippen molar-refractivity contribution < 1.29 is 19.1 Å². The molecule has 0 heterocycles. The second kappa shape index (κ2) is 5.86. The first-order chi connectivity index (χ1) is 9.52. The molecule has 106 valence electrons. The molecule has 1 amide bonds. The van der Waals surface area contributed by atoms with Crippen LogP contribution in [0.2, 0.25) is 0 Å². The maximum atomic E-state index is 12.1. The number of hydrogen-bond donors (Lipinski definition) is 1. The van der Waals surface area contributed by atoms with Crippen molar-refractivity contribution in [3.63, 3.8) is 0 Å². The van der Waals surface area contributed by atoms with Crippen LogP contribution >= 0.6 is 0 Å². The zero-order valence-electron chi connectivity index (χ0n) is 11.5. The van der Waals surface area contributed by atoms with Crippen LogP contribution in [0.4, 0.5) is 0 Å². The number of ether oxygens (including phenoxy) is 1. The van der Waals surface area contributed by atoms with E-state index >= 15 is 0 Å². The van der Waals surface area contributed by atoms with Crippen molar-refractivity contribution in [1.82, 2.24) is 5.32 Å². The van der Waals surface area contributed by atoms with Crippen LogP contribution in [0, 0.1) is 12.8 Å². The van der Waals surface area contributed by atoms with Gasteiger partial charge in [-0.1, -0.05) is 17.7 Å². The molecular weight excluding hydrogens is 258 g/mol. The Bertz CT molecular complexity index is 531. The van der Waals surface area contributed by atoms with E-state index < -0.39 is 17.9 Å². The first-order valence-corrected chi connectivity index (χ1v) is 6.52. The number of Topliss-reactive ketones (excluding diaryl/α,β-unsaturated/α-hetero) is 1. The number of hydrogen-bond acceptors (Lipinski definition) is 4. The van der Waals surface area contributed by atoms with Gasteiger partial charge in [-0.05, 0) is 31.9 Å². The van der Waals surface area contributed by atoms with Gasteiger partial charge in [0.1, 0.15) is 0 Å². The van der Waals surface area contributed by atoms with Gasteiger partial charge in [0.2, 0.25) is 0 Å². The molecule has 1 aromatic carbocycles. The van der Waals surface area contributed by atoms with E-state index in [-0.39, 0.29) is 11.7 Å². The molecule has 5 nitrogen and oxygen atoms in total. The highest BCUT2D eigenvalue weighted by Gasteiger charge is 2.39. The Morgan fingerprint density at radius 2 is 1.80 bits per heavy atom. The lowest BCUT2D eigenvalue weighted by molar-refractivity contribution is -0.146. The average Bonchev–Trinajstić information content (AvgIpc) is 3.28. The van der Waals surface area contributed by atoms with Crippen molar-refractivity contribution in [1.29, 1.82) is 0 Å². The third-order valence-electron chi connectivity index (χ3n) is 3.29. The molecule has 0 spiro atoms. The summed E-state index contributed by atoms with van der Waals surface area (Å²) in [6, 6.07) is 5.69. The van der Waals surface area contributed by atoms with E-state index in [1.165, 1.54) is 7.11 Å². The smallest absolute Gasteiger partial charge is 0.336 e. The molecule has 1 saturated carbocycles. The minimum absolute atomic E-state index is 0.127. The van der Waals surface area contributed by atoms with Crippen LogP contribution in [0.25, 0.3) is 0 Å². The molecule has 20 heavy (non-hydrogen) atoms. The van der Waals surface area contributed by atoms with Gasteiger partial charge in [-0.15, -0.1) is 0 Å². The van der Waals surface area contributed by atoms with Gasteiger partial charge in [-0.3, -0.25) is 9.59 Å². The lowest BCUT2D eigenvalue weighted by Crippen LogP contribution is -2.47. The van der Waals surface area contributed by atoms with E-state index in [1.54, 1.807) is 24.3 Å². The number of ketones is 1. The van der Waals surface area contributed by atoms with Gasteiger partial charge in [0.25, 0.3) is 5.91 Å². The fourth-order valence-electron chi connectivity index (χ4n) is 1.89. The van der Waals surface area contributed by atoms with Gasteiger partial charge in [0, 0.05) is 11.5 Å². The fraction of sp³-hybridized carbons (Fsp3) is 0.400. The molecule has 5 heteroatoms. The number of amides is 1. The van der Waals surface area contributed by atoms with Crippen LogP contribution in [0.15, 0.2) is 24.3 Å². The monoisotopic (exact) mass is 275 g/mol. The van der Waals surface area contributed by atoms with Gasteiger partial charge >= 0.3 is 5.97 Å². The Kier molecular flexibility index (Phi) is 4.17. The fourth-order valence-corrected chi connectivity index (χ4v) is 1.89. The summed E-state index contributed by atoms with van der Waals surface area (Å²) in [7, 11) is 1.20. The van der Waals surface area contributed by atoms with E-state index in [4.69, 9.17) is 0 Å². The topological polar surface area (TPSA) is 72.5 Å². The van der Waals surface area contributed by atoms with Crippen LogP contribution in [0.1, 0.15) is 28.8 Å². The van der Waals surface area contributed by atoms with Crippen LogP contribution < -0.4 is 5.32 Å². The van der Waals surface area contributed by atoms with Gasteiger partial charge in [-0.25, -0.2) is 4.79 Å². The Morgan fingerprint density at radius 1 is 1.20 bits per heavy atom. The number of nitrogens with one attached hydrogen (secondary N) is 1. The maximum Gasteiger partial charge on any atom is 0.336 e. The van der Waals surface area contributed by atoms with E-state index in [0.29, 0.717) is 5.56 Å². The third-order valence-corrected chi connectivity index (χ3v) is 3.29. The lowest BCUT2D eigenvalue weighted by Gasteiger charge is -2.15. The SMILES string of the molecule is COC(=O)[C@@H](NC(=O)c1ccc(C)cc1)C(=O)C1CC1. The molecule has 0 radical (unpaired) electrons. The van der Waals surface area contributed by atoms with Crippen molar-refractivity contribution in [3.8, 4) is 0 Å². The molecule has 2 rings (SSSR count). The predicted molar refractivity (Wildman–Crippen MR) is 72.2 cm³/mol. The van der Waals surface area contributed by atoms with E-state index in [1.807, 2.05) is 6.92 Å². The van der Waals surface area contributed by atoms with Crippen LogP contribution in [-0.2, 0) is 14.3 Å². The Morgan fingerprint density at radius 3 is 2.30 bits per heavy atom. The molecule has 1 atom stereocenters. The molecule has 1 N–H and O–H groups in total. The summed E-state index contributed by atoms with van der Waals surface area (Å²) >= 11 is 0. The summed E-state index contributed by atoms with van der Waals surface area (Å²) in [5.41, 5.74) is 1.44. The summed E-state index contributed by atoms with van der Waals surface area (Å²) in [5, 5.41) is 2.46. The molecule has 0 unspecified atom stereocenters. The average molecular weight is 275 g/mol. The predicted octanol–water partition coefficient (Wildman–Crippen LogP) is 1.25. The zero-order chi connectivity index (χ0) is 14.7.